The number of rotatable bonds is 5. The van der Waals surface area contributed by atoms with E-state index in [9.17, 15) is 4.39 Å². The summed E-state index contributed by atoms with van der Waals surface area (Å²) in [6, 6.07) is 14.2. The molecule has 26 heavy (non-hydrogen) atoms. The summed E-state index contributed by atoms with van der Waals surface area (Å²) in [5.41, 5.74) is 4.50. The van der Waals surface area contributed by atoms with Crippen LogP contribution in [0.5, 0.6) is 0 Å². The monoisotopic (exact) mass is 347 g/mol. The highest BCUT2D eigenvalue weighted by Crippen LogP contribution is 2.22. The van der Waals surface area contributed by atoms with Gasteiger partial charge in [-0.15, -0.1) is 0 Å². The second-order valence-corrected chi connectivity index (χ2v) is 6.00. The fraction of sp³-hybridized carbons (Fsp3) is 0.150. The van der Waals surface area contributed by atoms with E-state index in [0.717, 1.165) is 34.8 Å². The second kappa shape index (κ2) is 6.92. The number of aryl methyl sites for hydroxylation is 1. The van der Waals surface area contributed by atoms with E-state index in [4.69, 9.17) is 0 Å². The van der Waals surface area contributed by atoms with Crippen LogP contribution in [-0.2, 0) is 13.0 Å². The van der Waals surface area contributed by atoms with Gasteiger partial charge < -0.3 is 5.32 Å². The minimum atomic E-state index is -0.265. The fourth-order valence-corrected chi connectivity index (χ4v) is 2.76. The van der Waals surface area contributed by atoms with E-state index in [1.807, 2.05) is 24.4 Å². The second-order valence-electron chi connectivity index (χ2n) is 6.00. The van der Waals surface area contributed by atoms with E-state index >= 15 is 0 Å². The van der Waals surface area contributed by atoms with Gasteiger partial charge in [-0.25, -0.2) is 9.37 Å². The van der Waals surface area contributed by atoms with Crippen molar-refractivity contribution in [2.75, 3.05) is 5.32 Å². The van der Waals surface area contributed by atoms with Crippen LogP contribution in [0.2, 0.25) is 0 Å². The Morgan fingerprint density at radius 3 is 2.65 bits per heavy atom. The quantitative estimate of drug-likeness (QED) is 0.590. The summed E-state index contributed by atoms with van der Waals surface area (Å²) in [7, 11) is 0. The molecule has 4 rings (SSSR count). The van der Waals surface area contributed by atoms with Gasteiger partial charge in [0, 0.05) is 23.9 Å². The van der Waals surface area contributed by atoms with E-state index in [1.54, 1.807) is 22.8 Å². The summed E-state index contributed by atoms with van der Waals surface area (Å²) < 4.78 is 14.9. The molecule has 0 atom stereocenters. The van der Waals surface area contributed by atoms with Crippen LogP contribution in [0, 0.1) is 5.82 Å². The molecule has 0 unspecified atom stereocenters. The van der Waals surface area contributed by atoms with E-state index in [0.29, 0.717) is 6.54 Å². The zero-order chi connectivity index (χ0) is 17.9. The van der Waals surface area contributed by atoms with Crippen LogP contribution in [0.1, 0.15) is 18.2 Å². The SMILES string of the molecule is CCc1ccc(CNc2cc(-c3ccc(F)cc3)nc3ccnn23)nc1. The van der Waals surface area contributed by atoms with Crippen molar-refractivity contribution in [2.45, 2.75) is 19.9 Å². The highest BCUT2D eigenvalue weighted by Gasteiger charge is 2.09. The summed E-state index contributed by atoms with van der Waals surface area (Å²) in [6.45, 7) is 2.68. The summed E-state index contributed by atoms with van der Waals surface area (Å²) in [6.07, 6.45) is 4.58. The lowest BCUT2D eigenvalue weighted by Crippen LogP contribution is -2.07. The summed E-state index contributed by atoms with van der Waals surface area (Å²) in [5, 5.41) is 7.69. The lowest BCUT2D eigenvalue weighted by atomic mass is 10.1. The lowest BCUT2D eigenvalue weighted by Gasteiger charge is -2.11. The number of hydrogen-bond acceptors (Lipinski definition) is 4. The van der Waals surface area contributed by atoms with Gasteiger partial charge >= 0.3 is 0 Å². The molecule has 0 aliphatic carbocycles. The van der Waals surface area contributed by atoms with E-state index in [1.165, 1.54) is 17.7 Å². The predicted molar refractivity (Wildman–Crippen MR) is 99.3 cm³/mol. The number of fused-ring (bicyclic) bond motifs is 1. The highest BCUT2D eigenvalue weighted by atomic mass is 19.1. The van der Waals surface area contributed by atoms with Gasteiger partial charge in [-0.05, 0) is 42.3 Å². The first-order valence-corrected chi connectivity index (χ1v) is 8.51. The lowest BCUT2D eigenvalue weighted by molar-refractivity contribution is 0.628. The number of anilines is 1. The maximum absolute atomic E-state index is 13.2. The van der Waals surface area contributed by atoms with Crippen LogP contribution in [0.4, 0.5) is 10.2 Å². The molecule has 4 aromatic rings. The zero-order valence-corrected chi connectivity index (χ0v) is 14.4. The summed E-state index contributed by atoms with van der Waals surface area (Å²) in [5.74, 6) is 0.542. The van der Waals surface area contributed by atoms with Gasteiger partial charge in [-0.2, -0.15) is 9.61 Å². The van der Waals surface area contributed by atoms with Crippen LogP contribution in [0.25, 0.3) is 16.9 Å². The van der Waals surface area contributed by atoms with Crippen molar-refractivity contribution >= 4 is 11.5 Å². The Bertz CT molecular complexity index is 1020. The zero-order valence-electron chi connectivity index (χ0n) is 14.4. The summed E-state index contributed by atoms with van der Waals surface area (Å²) >= 11 is 0. The van der Waals surface area contributed by atoms with Crippen LogP contribution in [-0.4, -0.2) is 19.6 Å². The minimum absolute atomic E-state index is 0.265. The van der Waals surface area contributed by atoms with Crippen molar-refractivity contribution in [1.82, 2.24) is 19.6 Å². The van der Waals surface area contributed by atoms with E-state index < -0.39 is 0 Å². The number of halogens is 1. The average Bonchev–Trinajstić information content (AvgIpc) is 3.16. The molecule has 130 valence electrons. The number of hydrogen-bond donors (Lipinski definition) is 1. The van der Waals surface area contributed by atoms with E-state index in [2.05, 4.69) is 33.4 Å². The first-order chi connectivity index (χ1) is 12.7. The molecule has 0 bridgehead atoms. The Morgan fingerprint density at radius 2 is 1.92 bits per heavy atom. The molecule has 0 spiro atoms. The average molecular weight is 347 g/mol. The molecule has 3 aromatic heterocycles. The highest BCUT2D eigenvalue weighted by molar-refractivity contribution is 5.66. The van der Waals surface area contributed by atoms with Crippen molar-refractivity contribution in [3.05, 3.63) is 78.0 Å². The summed E-state index contributed by atoms with van der Waals surface area (Å²) in [4.78, 5) is 9.07. The molecule has 1 aromatic carbocycles. The van der Waals surface area contributed by atoms with Gasteiger partial charge in [-0.1, -0.05) is 13.0 Å². The van der Waals surface area contributed by atoms with Gasteiger partial charge in [0.25, 0.3) is 0 Å². The third-order valence-corrected chi connectivity index (χ3v) is 4.24. The van der Waals surface area contributed by atoms with Gasteiger partial charge in [0.15, 0.2) is 5.65 Å². The predicted octanol–water partition coefficient (Wildman–Crippen LogP) is 4.10. The van der Waals surface area contributed by atoms with Crippen molar-refractivity contribution in [2.24, 2.45) is 0 Å². The van der Waals surface area contributed by atoms with Crippen LogP contribution in [0.15, 0.2) is 60.9 Å². The van der Waals surface area contributed by atoms with Crippen molar-refractivity contribution in [3.63, 3.8) is 0 Å². The Labute approximate surface area is 150 Å². The van der Waals surface area contributed by atoms with Crippen molar-refractivity contribution < 1.29 is 4.39 Å². The molecule has 0 aliphatic rings. The molecule has 6 heteroatoms. The number of nitrogens with zero attached hydrogens (tertiary/aromatic N) is 4. The van der Waals surface area contributed by atoms with Crippen LogP contribution >= 0.6 is 0 Å². The van der Waals surface area contributed by atoms with Crippen molar-refractivity contribution in [3.8, 4) is 11.3 Å². The smallest absolute Gasteiger partial charge is 0.157 e. The molecule has 0 saturated heterocycles. The molecule has 0 aliphatic heterocycles. The first kappa shape index (κ1) is 16.2. The maximum Gasteiger partial charge on any atom is 0.157 e. The first-order valence-electron chi connectivity index (χ1n) is 8.51. The molecule has 0 fully saturated rings. The molecule has 0 saturated carbocycles. The van der Waals surface area contributed by atoms with E-state index in [-0.39, 0.29) is 5.82 Å². The topological polar surface area (TPSA) is 55.1 Å². The molecule has 0 radical (unpaired) electrons. The normalized spacial score (nSPS) is 11.0. The number of nitrogens with one attached hydrogen (secondary N) is 1. The molecule has 1 N–H and O–H groups in total. The van der Waals surface area contributed by atoms with Crippen molar-refractivity contribution in [1.29, 1.82) is 0 Å². The largest absolute Gasteiger partial charge is 0.364 e. The molecule has 3 heterocycles. The molecular weight excluding hydrogens is 329 g/mol. The molecular formula is C20H18FN5. The number of pyridine rings is 1. The van der Waals surface area contributed by atoms with Gasteiger partial charge in [0.2, 0.25) is 0 Å². The maximum atomic E-state index is 13.2. The molecule has 0 amide bonds. The van der Waals surface area contributed by atoms with Gasteiger partial charge in [0.1, 0.15) is 11.6 Å². The minimum Gasteiger partial charge on any atom is -0.364 e. The Balaban J connectivity index is 1.64. The standard InChI is InChI=1S/C20H18FN5/c1-2-14-3-8-17(22-12-14)13-23-20-11-18(15-4-6-16(21)7-5-15)25-19-9-10-24-26(19)20/h3-12,23H,2,13H2,1H3. The Hall–Kier alpha value is -3.28. The van der Waals surface area contributed by atoms with Gasteiger partial charge in [-0.3, -0.25) is 4.98 Å². The Morgan fingerprint density at radius 1 is 1.08 bits per heavy atom. The van der Waals surface area contributed by atoms with Gasteiger partial charge in [0.05, 0.1) is 24.1 Å². The Kier molecular flexibility index (Phi) is 4.31. The third kappa shape index (κ3) is 3.26. The number of aromatic nitrogens is 4. The van der Waals surface area contributed by atoms with Crippen LogP contribution < -0.4 is 5.32 Å². The fourth-order valence-electron chi connectivity index (χ4n) is 2.76. The third-order valence-electron chi connectivity index (χ3n) is 4.24. The molecule has 5 nitrogen and oxygen atoms in total. The van der Waals surface area contributed by atoms with Crippen LogP contribution in [0.3, 0.4) is 0 Å². The number of benzene rings is 1.